The highest BCUT2D eigenvalue weighted by Crippen LogP contribution is 2.29. The van der Waals surface area contributed by atoms with Crippen LogP contribution < -0.4 is 5.11 Å². The Morgan fingerprint density at radius 1 is 1.36 bits per heavy atom. The molecule has 1 aliphatic carbocycles. The number of carbonyl (C=O) groups is 2. The lowest BCUT2D eigenvalue weighted by Gasteiger charge is -2.24. The molecule has 0 aromatic rings. The lowest BCUT2D eigenvalue weighted by molar-refractivity contribution is -0.311. The molecule has 0 aromatic heterocycles. The van der Waals surface area contributed by atoms with Crippen molar-refractivity contribution in [2.75, 3.05) is 6.54 Å². The van der Waals surface area contributed by atoms with Crippen molar-refractivity contribution in [1.29, 1.82) is 0 Å². The minimum atomic E-state index is -1.08. The summed E-state index contributed by atoms with van der Waals surface area (Å²) in [6, 6.07) is 0.298. The maximum Gasteiger partial charge on any atom is 0.223 e. The van der Waals surface area contributed by atoms with Gasteiger partial charge in [-0.1, -0.05) is 12.8 Å². The highest BCUT2D eigenvalue weighted by atomic mass is 16.4. The summed E-state index contributed by atoms with van der Waals surface area (Å²) >= 11 is 0. The molecule has 2 aliphatic rings. The van der Waals surface area contributed by atoms with E-state index in [4.69, 9.17) is 0 Å². The second-order valence-electron chi connectivity index (χ2n) is 4.20. The first kappa shape index (κ1) is 9.49. The Bertz CT molecular complexity index is 258. The number of nitrogens with zero attached hydrogens (tertiary/aromatic N) is 1. The van der Waals surface area contributed by atoms with Crippen LogP contribution in [0.25, 0.3) is 0 Å². The summed E-state index contributed by atoms with van der Waals surface area (Å²) in [6.07, 6.45) is 4.52. The first-order valence-corrected chi connectivity index (χ1v) is 5.19. The second kappa shape index (κ2) is 3.59. The average Bonchev–Trinajstić information content (AvgIpc) is 2.71. The average molecular weight is 196 g/mol. The number of carboxylic acids is 1. The summed E-state index contributed by atoms with van der Waals surface area (Å²) in [4.78, 5) is 23.9. The van der Waals surface area contributed by atoms with Crippen LogP contribution in [0.5, 0.6) is 0 Å². The van der Waals surface area contributed by atoms with Gasteiger partial charge in [0.25, 0.3) is 0 Å². The van der Waals surface area contributed by atoms with E-state index >= 15 is 0 Å². The summed E-state index contributed by atoms with van der Waals surface area (Å²) < 4.78 is 0. The van der Waals surface area contributed by atoms with Crippen LogP contribution in [0.2, 0.25) is 0 Å². The van der Waals surface area contributed by atoms with E-state index in [1.807, 2.05) is 0 Å². The lowest BCUT2D eigenvalue weighted by Crippen LogP contribution is -2.37. The monoisotopic (exact) mass is 196 g/mol. The van der Waals surface area contributed by atoms with Crippen molar-refractivity contribution < 1.29 is 14.7 Å². The molecule has 4 heteroatoms. The van der Waals surface area contributed by atoms with Crippen LogP contribution in [0.15, 0.2) is 0 Å². The van der Waals surface area contributed by atoms with Crippen molar-refractivity contribution in [2.45, 2.75) is 38.1 Å². The molecule has 0 spiro atoms. The molecule has 1 saturated heterocycles. The number of hydrogen-bond acceptors (Lipinski definition) is 3. The van der Waals surface area contributed by atoms with Gasteiger partial charge in [-0.25, -0.2) is 0 Å². The Kier molecular flexibility index (Phi) is 2.44. The number of carbonyl (C=O) groups excluding carboxylic acids is 2. The normalized spacial score (nSPS) is 28.7. The van der Waals surface area contributed by atoms with Gasteiger partial charge in [0.2, 0.25) is 5.91 Å². The molecule has 1 atom stereocenters. The van der Waals surface area contributed by atoms with Crippen LogP contribution in [0.3, 0.4) is 0 Å². The second-order valence-corrected chi connectivity index (χ2v) is 4.20. The number of likely N-dealkylation sites (tertiary alicyclic amines) is 1. The minimum Gasteiger partial charge on any atom is -0.550 e. The molecule has 14 heavy (non-hydrogen) atoms. The van der Waals surface area contributed by atoms with Crippen molar-refractivity contribution in [3.8, 4) is 0 Å². The molecule has 0 aromatic carbocycles. The molecule has 1 amide bonds. The first-order valence-electron chi connectivity index (χ1n) is 5.19. The number of rotatable bonds is 2. The zero-order valence-electron chi connectivity index (χ0n) is 8.07. The molecule has 0 unspecified atom stereocenters. The summed E-state index contributed by atoms with van der Waals surface area (Å²) in [5.74, 6) is -1.67. The fraction of sp³-hybridized carbons (Fsp3) is 0.800. The van der Waals surface area contributed by atoms with Crippen LogP contribution in [0.1, 0.15) is 32.1 Å². The third kappa shape index (κ3) is 1.61. The van der Waals surface area contributed by atoms with Gasteiger partial charge in [0.1, 0.15) is 0 Å². The quantitative estimate of drug-likeness (QED) is 0.599. The molecule has 2 fully saturated rings. The van der Waals surface area contributed by atoms with Crippen molar-refractivity contribution in [1.82, 2.24) is 4.90 Å². The molecule has 78 valence electrons. The maximum atomic E-state index is 11.5. The van der Waals surface area contributed by atoms with Gasteiger partial charge in [-0.2, -0.15) is 0 Å². The van der Waals surface area contributed by atoms with E-state index in [2.05, 4.69) is 0 Å². The molecule has 0 N–H and O–H groups in total. The van der Waals surface area contributed by atoms with Gasteiger partial charge in [0, 0.05) is 30.9 Å². The van der Waals surface area contributed by atoms with E-state index in [1.54, 1.807) is 4.90 Å². The molecule has 4 nitrogen and oxygen atoms in total. The standard InChI is InChI=1S/C10H15NO3/c12-9-5-7(10(13)14)6-11(9)8-3-1-2-4-8/h7-8H,1-6H2,(H,13,14)/p-1/t7-/m1/s1. The fourth-order valence-electron chi connectivity index (χ4n) is 2.46. The van der Waals surface area contributed by atoms with Gasteiger partial charge in [-0.3, -0.25) is 4.79 Å². The van der Waals surface area contributed by atoms with E-state index in [0.29, 0.717) is 12.6 Å². The van der Waals surface area contributed by atoms with E-state index in [1.165, 1.54) is 0 Å². The Hall–Kier alpha value is -1.06. The van der Waals surface area contributed by atoms with Crippen LogP contribution in [-0.2, 0) is 9.59 Å². The summed E-state index contributed by atoms with van der Waals surface area (Å²) in [7, 11) is 0. The Balaban J connectivity index is 2.00. The number of aliphatic carboxylic acids is 1. The number of carboxylic acid groups (broad SMARTS) is 1. The van der Waals surface area contributed by atoms with Gasteiger partial charge >= 0.3 is 0 Å². The maximum absolute atomic E-state index is 11.5. The van der Waals surface area contributed by atoms with E-state index in [0.717, 1.165) is 25.7 Å². The van der Waals surface area contributed by atoms with Crippen LogP contribution in [-0.4, -0.2) is 29.4 Å². The molecule has 1 heterocycles. The third-order valence-corrected chi connectivity index (χ3v) is 3.26. The van der Waals surface area contributed by atoms with Crippen molar-refractivity contribution in [3.05, 3.63) is 0 Å². The van der Waals surface area contributed by atoms with Gasteiger partial charge in [0.15, 0.2) is 0 Å². The lowest BCUT2D eigenvalue weighted by atomic mass is 10.1. The van der Waals surface area contributed by atoms with Crippen molar-refractivity contribution >= 4 is 11.9 Å². The highest BCUT2D eigenvalue weighted by Gasteiger charge is 2.35. The summed E-state index contributed by atoms with van der Waals surface area (Å²) in [5, 5.41) is 10.6. The molecule has 1 aliphatic heterocycles. The molecule has 2 rings (SSSR count). The highest BCUT2D eigenvalue weighted by molar-refractivity contribution is 5.85. The Morgan fingerprint density at radius 2 is 2.00 bits per heavy atom. The van der Waals surface area contributed by atoms with Gasteiger partial charge in [-0.15, -0.1) is 0 Å². The smallest absolute Gasteiger partial charge is 0.223 e. The number of amides is 1. The first-order chi connectivity index (χ1) is 6.68. The van der Waals surface area contributed by atoms with Crippen LogP contribution >= 0.6 is 0 Å². The van der Waals surface area contributed by atoms with Crippen LogP contribution in [0.4, 0.5) is 0 Å². The van der Waals surface area contributed by atoms with Gasteiger partial charge in [0.05, 0.1) is 0 Å². The van der Waals surface area contributed by atoms with E-state index in [9.17, 15) is 14.7 Å². The molecule has 0 radical (unpaired) electrons. The van der Waals surface area contributed by atoms with E-state index < -0.39 is 11.9 Å². The SMILES string of the molecule is O=C([O-])[C@@H]1CC(=O)N(C2CCCC2)C1. The predicted octanol–water partition coefficient (Wildman–Crippen LogP) is -0.473. The predicted molar refractivity (Wildman–Crippen MR) is 47.1 cm³/mol. The molecule has 0 bridgehead atoms. The number of hydrogen-bond donors (Lipinski definition) is 0. The van der Waals surface area contributed by atoms with Gasteiger partial charge in [-0.05, 0) is 12.8 Å². The Morgan fingerprint density at radius 3 is 2.50 bits per heavy atom. The molecular weight excluding hydrogens is 182 g/mol. The van der Waals surface area contributed by atoms with E-state index in [-0.39, 0.29) is 12.3 Å². The summed E-state index contributed by atoms with van der Waals surface area (Å²) in [5.41, 5.74) is 0. The minimum absolute atomic E-state index is 0.00824. The topological polar surface area (TPSA) is 60.4 Å². The zero-order chi connectivity index (χ0) is 10.1. The van der Waals surface area contributed by atoms with Crippen LogP contribution in [0, 0.1) is 5.92 Å². The van der Waals surface area contributed by atoms with Crippen molar-refractivity contribution in [3.63, 3.8) is 0 Å². The molecular formula is C10H14NO3-. The molecule has 1 saturated carbocycles. The Labute approximate surface area is 82.9 Å². The zero-order valence-corrected chi connectivity index (χ0v) is 8.07. The third-order valence-electron chi connectivity index (χ3n) is 3.26. The summed E-state index contributed by atoms with van der Waals surface area (Å²) in [6.45, 7) is 0.367. The van der Waals surface area contributed by atoms with Crippen molar-refractivity contribution in [2.24, 2.45) is 5.92 Å². The fourth-order valence-corrected chi connectivity index (χ4v) is 2.46. The largest absolute Gasteiger partial charge is 0.550 e. The van der Waals surface area contributed by atoms with Gasteiger partial charge < -0.3 is 14.8 Å².